The van der Waals surface area contributed by atoms with E-state index in [1.807, 2.05) is 0 Å². The molecule has 3 rings (SSSR count). The molecule has 1 saturated carbocycles. The maximum absolute atomic E-state index is 12.9. The summed E-state index contributed by atoms with van der Waals surface area (Å²) in [5, 5.41) is 7.39. The maximum atomic E-state index is 12.9. The molecule has 0 saturated heterocycles. The summed E-state index contributed by atoms with van der Waals surface area (Å²) in [4.78, 5) is 0. The van der Waals surface area contributed by atoms with E-state index in [1.165, 1.54) is 12.1 Å². The molecule has 0 unspecified atom stereocenters. The fraction of sp³-hybridized carbons (Fsp3) is 0.333. The van der Waals surface area contributed by atoms with Crippen LogP contribution in [0.15, 0.2) is 29.4 Å². The third kappa shape index (κ3) is 2.69. The first-order valence-electron chi connectivity index (χ1n) is 6.08. The Morgan fingerprint density at radius 1 is 1.25 bits per heavy atom. The number of aromatic nitrogens is 3. The minimum atomic E-state index is -3.92. The average molecular weight is 316 g/mol. The van der Waals surface area contributed by atoms with Crippen molar-refractivity contribution in [1.29, 1.82) is 0 Å². The second-order valence-corrected chi connectivity index (χ2v) is 7.20. The normalized spacial score (nSPS) is 15.5. The van der Waals surface area contributed by atoms with Gasteiger partial charge in [0.25, 0.3) is 14.2 Å². The zero-order chi connectivity index (χ0) is 14.3. The first kappa shape index (κ1) is 13.5. The highest BCUT2D eigenvalue weighted by Crippen LogP contribution is 2.38. The maximum Gasteiger partial charge on any atom is 0.296 e. The smallest absolute Gasteiger partial charge is 0.296 e. The van der Waals surface area contributed by atoms with Crippen molar-refractivity contribution < 1.29 is 12.8 Å². The highest BCUT2D eigenvalue weighted by atomic mass is 35.7. The summed E-state index contributed by atoms with van der Waals surface area (Å²) in [7, 11) is 1.46. The number of nitrogens with zero attached hydrogens (tertiary/aromatic N) is 3. The molecule has 20 heavy (non-hydrogen) atoms. The van der Waals surface area contributed by atoms with Gasteiger partial charge in [-0.05, 0) is 30.5 Å². The molecule has 0 atom stereocenters. The summed E-state index contributed by atoms with van der Waals surface area (Å²) in [5.41, 5.74) is 0.833. The molecule has 0 radical (unpaired) electrons. The van der Waals surface area contributed by atoms with E-state index in [2.05, 4.69) is 10.2 Å². The van der Waals surface area contributed by atoms with Gasteiger partial charge in [0.05, 0.1) is 0 Å². The predicted octanol–water partition coefficient (Wildman–Crippen LogP) is 2.27. The minimum Gasteiger partial charge on any atom is -0.297 e. The van der Waals surface area contributed by atoms with Crippen LogP contribution in [-0.4, -0.2) is 23.2 Å². The van der Waals surface area contributed by atoms with Crippen molar-refractivity contribution in [3.05, 3.63) is 41.5 Å². The van der Waals surface area contributed by atoms with Crippen molar-refractivity contribution in [1.82, 2.24) is 14.8 Å². The Kier molecular flexibility index (Phi) is 3.25. The molecule has 0 amide bonds. The Labute approximate surface area is 119 Å². The molecule has 1 fully saturated rings. The van der Waals surface area contributed by atoms with Crippen LogP contribution in [0.5, 0.6) is 0 Å². The second kappa shape index (κ2) is 4.82. The van der Waals surface area contributed by atoms with Crippen molar-refractivity contribution in [2.75, 3.05) is 0 Å². The number of rotatable bonds is 4. The van der Waals surface area contributed by atoms with Gasteiger partial charge >= 0.3 is 0 Å². The van der Waals surface area contributed by atoms with Gasteiger partial charge in [-0.25, -0.2) is 12.8 Å². The first-order valence-corrected chi connectivity index (χ1v) is 8.39. The van der Waals surface area contributed by atoms with Crippen LogP contribution in [-0.2, 0) is 15.5 Å². The van der Waals surface area contributed by atoms with Gasteiger partial charge in [0, 0.05) is 23.1 Å². The van der Waals surface area contributed by atoms with Gasteiger partial charge < -0.3 is 0 Å². The van der Waals surface area contributed by atoms with E-state index >= 15 is 0 Å². The van der Waals surface area contributed by atoms with E-state index in [0.717, 1.165) is 18.4 Å². The van der Waals surface area contributed by atoms with E-state index in [-0.39, 0.29) is 17.0 Å². The summed E-state index contributed by atoms with van der Waals surface area (Å²) in [6, 6.07) is 6.06. The fourth-order valence-electron chi connectivity index (χ4n) is 2.08. The quantitative estimate of drug-likeness (QED) is 0.812. The lowest BCUT2D eigenvalue weighted by atomic mass is 10.1. The van der Waals surface area contributed by atoms with Crippen molar-refractivity contribution in [3.8, 4) is 0 Å². The van der Waals surface area contributed by atoms with Gasteiger partial charge in [-0.3, -0.25) is 4.57 Å². The molecule has 0 spiro atoms. The van der Waals surface area contributed by atoms with Crippen LogP contribution < -0.4 is 0 Å². The van der Waals surface area contributed by atoms with E-state index in [4.69, 9.17) is 10.7 Å². The predicted molar refractivity (Wildman–Crippen MR) is 70.5 cm³/mol. The second-order valence-electron chi connectivity index (χ2n) is 4.74. The zero-order valence-electron chi connectivity index (χ0n) is 10.3. The molecule has 0 N–H and O–H groups in total. The lowest BCUT2D eigenvalue weighted by molar-refractivity contribution is 0.571. The molecule has 1 aliphatic carbocycles. The fourth-order valence-corrected chi connectivity index (χ4v) is 3.02. The summed E-state index contributed by atoms with van der Waals surface area (Å²) in [5.74, 6) is 0.208. The summed E-state index contributed by atoms with van der Waals surface area (Å²) in [6.45, 7) is 0. The summed E-state index contributed by atoms with van der Waals surface area (Å²) in [6.07, 6.45) is 2.15. The molecule has 8 heteroatoms. The molecule has 5 nitrogen and oxygen atoms in total. The standard InChI is InChI=1S/C12H11ClFN3O2S/c13-20(18,19)12-16-15-11(17(12)10-5-6-10)7-8-1-3-9(14)4-2-8/h1-4,10H,5-7H2. The van der Waals surface area contributed by atoms with Gasteiger partial charge in [0.2, 0.25) is 0 Å². The lowest BCUT2D eigenvalue weighted by Crippen LogP contribution is -2.08. The van der Waals surface area contributed by atoms with Gasteiger partial charge in [-0.15, -0.1) is 10.2 Å². The Bertz CT molecular complexity index is 739. The van der Waals surface area contributed by atoms with Gasteiger partial charge in [-0.2, -0.15) is 0 Å². The first-order chi connectivity index (χ1) is 9.45. The number of hydrogen-bond acceptors (Lipinski definition) is 4. The zero-order valence-corrected chi connectivity index (χ0v) is 11.9. The van der Waals surface area contributed by atoms with E-state index < -0.39 is 9.05 Å². The van der Waals surface area contributed by atoms with Crippen LogP contribution in [0.25, 0.3) is 0 Å². The van der Waals surface area contributed by atoms with Gasteiger partial charge in [-0.1, -0.05) is 12.1 Å². The molecule has 1 aromatic carbocycles. The minimum absolute atomic E-state index is 0.0870. The Hall–Kier alpha value is -1.47. The molecular weight excluding hydrogens is 305 g/mol. The Morgan fingerprint density at radius 3 is 2.45 bits per heavy atom. The molecule has 0 aliphatic heterocycles. The van der Waals surface area contributed by atoms with Crippen LogP contribution >= 0.6 is 10.7 Å². The van der Waals surface area contributed by atoms with Crippen LogP contribution in [0, 0.1) is 5.82 Å². The molecular formula is C12H11ClFN3O2S. The monoisotopic (exact) mass is 315 g/mol. The number of benzene rings is 1. The van der Waals surface area contributed by atoms with Crippen molar-refractivity contribution in [2.24, 2.45) is 0 Å². The van der Waals surface area contributed by atoms with E-state index in [9.17, 15) is 12.8 Å². The van der Waals surface area contributed by atoms with Crippen LogP contribution in [0.2, 0.25) is 0 Å². The van der Waals surface area contributed by atoms with E-state index in [0.29, 0.717) is 12.2 Å². The highest BCUT2D eigenvalue weighted by molar-refractivity contribution is 8.13. The molecule has 1 heterocycles. The van der Waals surface area contributed by atoms with Gasteiger partial charge in [0.1, 0.15) is 11.6 Å². The topological polar surface area (TPSA) is 64.8 Å². The van der Waals surface area contributed by atoms with E-state index in [1.54, 1.807) is 16.7 Å². The van der Waals surface area contributed by atoms with Crippen LogP contribution in [0.4, 0.5) is 4.39 Å². The van der Waals surface area contributed by atoms with Crippen molar-refractivity contribution in [2.45, 2.75) is 30.5 Å². The third-order valence-electron chi connectivity index (χ3n) is 3.14. The molecule has 106 valence electrons. The lowest BCUT2D eigenvalue weighted by Gasteiger charge is -2.07. The SMILES string of the molecule is O=S(=O)(Cl)c1nnc(Cc2ccc(F)cc2)n1C1CC1. The average Bonchev–Trinajstić information content (AvgIpc) is 3.12. The van der Waals surface area contributed by atoms with Gasteiger partial charge in [0.15, 0.2) is 0 Å². The molecule has 1 aromatic heterocycles. The largest absolute Gasteiger partial charge is 0.297 e. The Balaban J connectivity index is 1.98. The van der Waals surface area contributed by atoms with Crippen LogP contribution in [0.3, 0.4) is 0 Å². The summed E-state index contributed by atoms with van der Waals surface area (Å²) >= 11 is 0. The number of hydrogen-bond donors (Lipinski definition) is 0. The van der Waals surface area contributed by atoms with Crippen molar-refractivity contribution >= 4 is 19.7 Å². The summed E-state index contributed by atoms with van der Waals surface area (Å²) < 4.78 is 37.4. The molecule has 2 aromatic rings. The van der Waals surface area contributed by atoms with Crippen molar-refractivity contribution in [3.63, 3.8) is 0 Å². The third-order valence-corrected chi connectivity index (χ3v) is 4.27. The Morgan fingerprint density at radius 2 is 1.90 bits per heavy atom. The number of halogens is 2. The van der Waals surface area contributed by atoms with Crippen LogP contribution in [0.1, 0.15) is 30.3 Å². The molecule has 1 aliphatic rings. The molecule has 0 bridgehead atoms. The highest BCUT2D eigenvalue weighted by Gasteiger charge is 2.33.